The quantitative estimate of drug-likeness (QED) is 0.587. The number of methoxy groups -OCH3 is 1. The van der Waals surface area contributed by atoms with Crippen LogP contribution in [0.25, 0.3) is 0 Å². The maximum atomic E-state index is 13.4. The zero-order valence-electron chi connectivity index (χ0n) is 16.9. The molecule has 0 aliphatic carbocycles. The van der Waals surface area contributed by atoms with Crippen LogP contribution in [0.3, 0.4) is 0 Å². The molecule has 0 saturated carbocycles. The Balaban J connectivity index is 2.37. The van der Waals surface area contributed by atoms with Crippen molar-refractivity contribution >= 4 is 16.0 Å². The Hall–Kier alpha value is -2.32. The minimum absolute atomic E-state index is 0.0283. The number of carbonyl (C=O) groups is 1. The zero-order chi connectivity index (χ0) is 20.9. The fourth-order valence-corrected chi connectivity index (χ4v) is 4.97. The van der Waals surface area contributed by atoms with E-state index in [9.17, 15) is 13.2 Å². The first-order valence-corrected chi connectivity index (χ1v) is 10.6. The van der Waals surface area contributed by atoms with E-state index in [1.165, 1.54) is 16.6 Å². The second kappa shape index (κ2) is 9.25. The van der Waals surface area contributed by atoms with Crippen molar-refractivity contribution in [1.82, 2.24) is 4.31 Å². The first-order chi connectivity index (χ1) is 13.2. The Kier molecular flexibility index (Phi) is 7.26. The van der Waals surface area contributed by atoms with Crippen LogP contribution >= 0.6 is 0 Å². The number of nitrogens with zero attached hydrogens (tertiary/aromatic N) is 1. The summed E-state index contributed by atoms with van der Waals surface area (Å²) in [6.07, 6.45) is 1.92. The SMILES string of the molecule is CCCN(Cc1cc(C(=O)OCC)co1)S(=O)(=O)c1c(C)cc(OC)cc1C. The van der Waals surface area contributed by atoms with Crippen LogP contribution in [0.5, 0.6) is 5.75 Å². The van der Waals surface area contributed by atoms with Gasteiger partial charge in [0, 0.05) is 6.54 Å². The molecule has 0 radical (unpaired) electrons. The number of benzene rings is 1. The molecule has 28 heavy (non-hydrogen) atoms. The number of carbonyl (C=O) groups excluding carboxylic acids is 1. The van der Waals surface area contributed by atoms with Gasteiger partial charge in [0.05, 0.1) is 30.7 Å². The van der Waals surface area contributed by atoms with E-state index in [1.54, 1.807) is 40.0 Å². The Morgan fingerprint density at radius 2 is 1.79 bits per heavy atom. The molecule has 1 aromatic heterocycles. The van der Waals surface area contributed by atoms with Crippen molar-refractivity contribution < 1.29 is 27.1 Å². The summed E-state index contributed by atoms with van der Waals surface area (Å²) < 4.78 is 43.7. The third-order valence-corrected chi connectivity index (χ3v) is 6.39. The van der Waals surface area contributed by atoms with Crippen molar-refractivity contribution in [2.75, 3.05) is 20.3 Å². The number of furan rings is 1. The number of esters is 1. The molecular weight excluding hydrogens is 382 g/mol. The van der Waals surface area contributed by atoms with Gasteiger partial charge in [0.25, 0.3) is 0 Å². The van der Waals surface area contributed by atoms with E-state index in [1.807, 2.05) is 6.92 Å². The van der Waals surface area contributed by atoms with Crippen molar-refractivity contribution in [1.29, 1.82) is 0 Å². The Bertz CT molecular complexity index is 909. The van der Waals surface area contributed by atoms with Gasteiger partial charge in [0.1, 0.15) is 17.8 Å². The van der Waals surface area contributed by atoms with Crippen LogP contribution in [0.1, 0.15) is 47.5 Å². The van der Waals surface area contributed by atoms with Gasteiger partial charge in [-0.05, 0) is 56.5 Å². The van der Waals surface area contributed by atoms with E-state index in [0.29, 0.717) is 35.6 Å². The molecule has 0 fully saturated rings. The maximum absolute atomic E-state index is 13.4. The van der Waals surface area contributed by atoms with Crippen LogP contribution in [-0.4, -0.2) is 39.0 Å². The monoisotopic (exact) mass is 409 g/mol. The van der Waals surface area contributed by atoms with Crippen molar-refractivity contribution in [3.63, 3.8) is 0 Å². The Morgan fingerprint density at radius 1 is 1.14 bits per heavy atom. The average molecular weight is 410 g/mol. The standard InChI is InChI=1S/C20H27NO6S/c1-6-8-21(12-18-11-16(13-27-18)20(22)26-7-2)28(23,24)19-14(3)9-17(25-5)10-15(19)4/h9-11,13H,6-8,12H2,1-5H3. The summed E-state index contributed by atoms with van der Waals surface area (Å²) in [5, 5.41) is 0. The third-order valence-electron chi connectivity index (χ3n) is 4.24. The number of hydrogen-bond donors (Lipinski definition) is 0. The molecule has 0 N–H and O–H groups in total. The van der Waals surface area contributed by atoms with Gasteiger partial charge in [-0.3, -0.25) is 0 Å². The van der Waals surface area contributed by atoms with Crippen LogP contribution < -0.4 is 4.74 Å². The van der Waals surface area contributed by atoms with Crippen molar-refractivity contribution in [3.05, 3.63) is 46.9 Å². The summed E-state index contributed by atoms with van der Waals surface area (Å²) in [6.45, 7) is 7.72. The van der Waals surface area contributed by atoms with Crippen LogP contribution in [0.15, 0.2) is 33.8 Å². The highest BCUT2D eigenvalue weighted by molar-refractivity contribution is 7.89. The molecule has 2 aromatic rings. The number of aryl methyl sites for hydroxylation is 2. The highest BCUT2D eigenvalue weighted by Crippen LogP contribution is 2.29. The van der Waals surface area contributed by atoms with Gasteiger partial charge >= 0.3 is 5.97 Å². The minimum Gasteiger partial charge on any atom is -0.497 e. The molecule has 1 heterocycles. The largest absolute Gasteiger partial charge is 0.497 e. The molecule has 8 heteroatoms. The lowest BCUT2D eigenvalue weighted by Crippen LogP contribution is -2.32. The average Bonchev–Trinajstić information content (AvgIpc) is 3.09. The minimum atomic E-state index is -3.77. The van der Waals surface area contributed by atoms with Crippen molar-refractivity contribution in [2.24, 2.45) is 0 Å². The summed E-state index contributed by atoms with van der Waals surface area (Å²) in [5.41, 5.74) is 1.50. The lowest BCUT2D eigenvalue weighted by molar-refractivity contribution is 0.0525. The fourth-order valence-electron chi connectivity index (χ4n) is 3.06. The smallest absolute Gasteiger partial charge is 0.341 e. The van der Waals surface area contributed by atoms with E-state index < -0.39 is 16.0 Å². The first kappa shape index (κ1) is 22.0. The van der Waals surface area contributed by atoms with Gasteiger partial charge in [0.2, 0.25) is 10.0 Å². The molecule has 0 aliphatic heterocycles. The highest BCUT2D eigenvalue weighted by Gasteiger charge is 2.29. The lowest BCUT2D eigenvalue weighted by atomic mass is 10.1. The van der Waals surface area contributed by atoms with E-state index in [-0.39, 0.29) is 23.6 Å². The molecule has 0 aliphatic rings. The zero-order valence-corrected chi connectivity index (χ0v) is 17.8. The molecular formula is C20H27NO6S. The molecule has 0 amide bonds. The molecule has 0 saturated heterocycles. The van der Waals surface area contributed by atoms with Gasteiger partial charge in [-0.1, -0.05) is 6.92 Å². The summed E-state index contributed by atoms with van der Waals surface area (Å²) in [6, 6.07) is 4.93. The van der Waals surface area contributed by atoms with Gasteiger partial charge in [-0.15, -0.1) is 0 Å². The number of ether oxygens (including phenoxy) is 2. The second-order valence-corrected chi connectivity index (χ2v) is 8.33. The summed E-state index contributed by atoms with van der Waals surface area (Å²) in [5.74, 6) is 0.495. The van der Waals surface area contributed by atoms with E-state index in [0.717, 1.165) is 0 Å². The van der Waals surface area contributed by atoms with Crippen molar-refractivity contribution in [3.8, 4) is 5.75 Å². The molecule has 7 nitrogen and oxygen atoms in total. The topological polar surface area (TPSA) is 86.1 Å². The van der Waals surface area contributed by atoms with Crippen LogP contribution in [0.2, 0.25) is 0 Å². The Labute approximate surface area is 166 Å². The van der Waals surface area contributed by atoms with E-state index in [4.69, 9.17) is 13.9 Å². The Morgan fingerprint density at radius 3 is 2.32 bits per heavy atom. The molecule has 1 aromatic carbocycles. The second-order valence-electron chi connectivity index (χ2n) is 6.45. The highest BCUT2D eigenvalue weighted by atomic mass is 32.2. The molecule has 0 bridgehead atoms. The number of hydrogen-bond acceptors (Lipinski definition) is 6. The number of rotatable bonds is 9. The summed E-state index contributed by atoms with van der Waals surface area (Å²) >= 11 is 0. The fraction of sp³-hybridized carbons (Fsp3) is 0.450. The van der Waals surface area contributed by atoms with Crippen molar-refractivity contribution in [2.45, 2.75) is 45.6 Å². The van der Waals surface area contributed by atoms with Gasteiger partial charge in [-0.25, -0.2) is 13.2 Å². The summed E-state index contributed by atoms with van der Waals surface area (Å²) in [4.78, 5) is 12.1. The maximum Gasteiger partial charge on any atom is 0.341 e. The van der Waals surface area contributed by atoms with Crippen LogP contribution in [0.4, 0.5) is 0 Å². The first-order valence-electron chi connectivity index (χ1n) is 9.14. The normalized spacial score (nSPS) is 11.6. The molecule has 0 unspecified atom stereocenters. The third kappa shape index (κ3) is 4.74. The lowest BCUT2D eigenvalue weighted by Gasteiger charge is -2.23. The predicted octanol–water partition coefficient (Wildman–Crippen LogP) is 3.68. The van der Waals surface area contributed by atoms with Gasteiger partial charge < -0.3 is 13.9 Å². The van der Waals surface area contributed by atoms with E-state index >= 15 is 0 Å². The van der Waals surface area contributed by atoms with Gasteiger partial charge in [-0.2, -0.15) is 4.31 Å². The van der Waals surface area contributed by atoms with Crippen LogP contribution in [-0.2, 0) is 21.3 Å². The van der Waals surface area contributed by atoms with Crippen LogP contribution in [0, 0.1) is 13.8 Å². The molecule has 2 rings (SSSR count). The van der Waals surface area contributed by atoms with E-state index in [2.05, 4.69) is 0 Å². The molecule has 154 valence electrons. The molecule has 0 atom stereocenters. The summed E-state index contributed by atoms with van der Waals surface area (Å²) in [7, 11) is -2.22. The molecule has 0 spiro atoms. The predicted molar refractivity (Wildman–Crippen MR) is 105 cm³/mol. The number of sulfonamides is 1. The van der Waals surface area contributed by atoms with Gasteiger partial charge in [0.15, 0.2) is 0 Å².